The first kappa shape index (κ1) is 21.2. The maximum absolute atomic E-state index is 13.0. The van der Waals surface area contributed by atoms with Crippen LogP contribution < -0.4 is 10.6 Å². The van der Waals surface area contributed by atoms with Crippen LogP contribution in [0.15, 0.2) is 48.8 Å². The number of amides is 2. The molecule has 0 aliphatic carbocycles. The van der Waals surface area contributed by atoms with Gasteiger partial charge in [0.05, 0.1) is 11.4 Å². The largest absolute Gasteiger partial charge is 0.480 e. The van der Waals surface area contributed by atoms with E-state index in [2.05, 4.69) is 15.5 Å². The fourth-order valence-electron chi connectivity index (χ4n) is 3.56. The molecule has 1 aliphatic heterocycles. The van der Waals surface area contributed by atoms with E-state index in [1.165, 1.54) is 22.0 Å². The Labute approximate surface area is 187 Å². The first-order valence-electron chi connectivity index (χ1n) is 9.57. The van der Waals surface area contributed by atoms with Crippen molar-refractivity contribution in [3.05, 3.63) is 59.4 Å². The molecule has 11 nitrogen and oxygen atoms in total. The Morgan fingerprint density at radius 2 is 1.84 bits per heavy atom. The van der Waals surface area contributed by atoms with Gasteiger partial charge in [-0.25, -0.2) is 4.79 Å². The smallest absolute Gasteiger partial charge is 0.326 e. The number of hydrogen-bond donors (Lipinski definition) is 2. The van der Waals surface area contributed by atoms with Crippen molar-refractivity contribution in [3.63, 3.8) is 0 Å². The van der Waals surface area contributed by atoms with Gasteiger partial charge < -0.3 is 20.6 Å². The lowest BCUT2D eigenvalue weighted by molar-refractivity contribution is -0.155. The molecule has 0 spiro atoms. The number of tetrazole rings is 1. The predicted molar refractivity (Wildman–Crippen MR) is 114 cm³/mol. The molecule has 1 aromatic heterocycles. The van der Waals surface area contributed by atoms with Crippen molar-refractivity contribution in [2.24, 2.45) is 0 Å². The first-order valence-corrected chi connectivity index (χ1v) is 9.95. The van der Waals surface area contributed by atoms with E-state index in [-0.39, 0.29) is 19.5 Å². The molecule has 0 radical (unpaired) electrons. The summed E-state index contributed by atoms with van der Waals surface area (Å²) in [6.07, 6.45) is 1.39. The van der Waals surface area contributed by atoms with Crippen molar-refractivity contribution in [2.75, 3.05) is 23.7 Å². The minimum atomic E-state index is -1.20. The summed E-state index contributed by atoms with van der Waals surface area (Å²) in [4.78, 5) is 40.2. The number of hydrogen-bond acceptors (Lipinski definition) is 7. The number of benzene rings is 2. The average Bonchev–Trinajstić information content (AvgIpc) is 3.30. The standard InChI is InChI=1S/C20H18ClN7O4/c21-13-3-6-15(28-11-23-24-25-28)16(10-13)26-7-8-27(19(30)18(26)29)17(20(31)32)9-12-1-4-14(22)5-2-12/h1-6,10-11,17H,7-9,22H2,(H,31,32). The van der Waals surface area contributed by atoms with Gasteiger partial charge in [0.25, 0.3) is 0 Å². The Kier molecular flexibility index (Phi) is 5.73. The van der Waals surface area contributed by atoms with Gasteiger partial charge in [-0.15, -0.1) is 5.10 Å². The fraction of sp³-hybridized carbons (Fsp3) is 0.200. The van der Waals surface area contributed by atoms with Gasteiger partial charge in [0, 0.05) is 30.2 Å². The summed E-state index contributed by atoms with van der Waals surface area (Å²) in [7, 11) is 0. The summed E-state index contributed by atoms with van der Waals surface area (Å²) in [6, 6.07) is 10.3. The summed E-state index contributed by atoms with van der Waals surface area (Å²) >= 11 is 6.12. The van der Waals surface area contributed by atoms with E-state index in [9.17, 15) is 19.5 Å². The molecule has 0 bridgehead atoms. The van der Waals surface area contributed by atoms with E-state index in [0.29, 0.717) is 27.6 Å². The molecule has 3 aromatic rings. The molecular formula is C20H18ClN7O4. The van der Waals surface area contributed by atoms with E-state index in [1.54, 1.807) is 36.4 Å². The molecule has 12 heteroatoms. The zero-order valence-corrected chi connectivity index (χ0v) is 17.4. The number of halogens is 1. The Morgan fingerprint density at radius 3 is 2.50 bits per heavy atom. The average molecular weight is 456 g/mol. The minimum absolute atomic E-state index is 0.0259. The van der Waals surface area contributed by atoms with Crippen LogP contribution in [0.5, 0.6) is 0 Å². The van der Waals surface area contributed by atoms with Crippen molar-refractivity contribution in [2.45, 2.75) is 12.5 Å². The van der Waals surface area contributed by atoms with Crippen LogP contribution in [0.3, 0.4) is 0 Å². The SMILES string of the molecule is Nc1ccc(CC(C(=O)O)N2CCN(c3cc(Cl)ccc3-n3cnnn3)C(=O)C2=O)cc1. The van der Waals surface area contributed by atoms with Crippen LogP contribution in [0.1, 0.15) is 5.56 Å². The van der Waals surface area contributed by atoms with E-state index < -0.39 is 23.8 Å². The van der Waals surface area contributed by atoms with Gasteiger partial charge in [-0.05, 0) is 46.3 Å². The molecule has 164 valence electrons. The van der Waals surface area contributed by atoms with Crippen LogP contribution in [0.4, 0.5) is 11.4 Å². The van der Waals surface area contributed by atoms with Crippen molar-refractivity contribution in [3.8, 4) is 5.69 Å². The van der Waals surface area contributed by atoms with Gasteiger partial charge in [-0.3, -0.25) is 9.59 Å². The highest BCUT2D eigenvalue weighted by molar-refractivity contribution is 6.41. The number of nitrogens with zero attached hydrogens (tertiary/aromatic N) is 6. The predicted octanol–water partition coefficient (Wildman–Crippen LogP) is 0.769. The van der Waals surface area contributed by atoms with Crippen LogP contribution in [0, 0.1) is 0 Å². The number of carboxylic acids is 1. The van der Waals surface area contributed by atoms with Gasteiger partial charge in [-0.2, -0.15) is 4.68 Å². The van der Waals surface area contributed by atoms with Crippen molar-refractivity contribution in [1.82, 2.24) is 25.1 Å². The summed E-state index contributed by atoms with van der Waals surface area (Å²) in [6.45, 7) is 0.101. The van der Waals surface area contributed by atoms with Crippen LogP contribution in [0.2, 0.25) is 5.02 Å². The second-order valence-corrected chi connectivity index (χ2v) is 7.58. The number of aromatic nitrogens is 4. The second kappa shape index (κ2) is 8.63. The molecule has 32 heavy (non-hydrogen) atoms. The number of carboxylic acid groups (broad SMARTS) is 1. The third kappa shape index (κ3) is 4.10. The number of aliphatic carboxylic acids is 1. The Hall–Kier alpha value is -3.99. The van der Waals surface area contributed by atoms with Crippen molar-refractivity contribution < 1.29 is 19.5 Å². The number of carbonyl (C=O) groups excluding carboxylic acids is 2. The van der Waals surface area contributed by atoms with E-state index in [4.69, 9.17) is 17.3 Å². The van der Waals surface area contributed by atoms with Gasteiger partial charge in [0.15, 0.2) is 0 Å². The molecule has 2 amide bonds. The van der Waals surface area contributed by atoms with E-state index >= 15 is 0 Å². The van der Waals surface area contributed by atoms with Crippen molar-refractivity contribution in [1.29, 1.82) is 0 Å². The highest BCUT2D eigenvalue weighted by Crippen LogP contribution is 2.29. The van der Waals surface area contributed by atoms with E-state index in [1.807, 2.05) is 0 Å². The zero-order chi connectivity index (χ0) is 22.8. The number of anilines is 2. The minimum Gasteiger partial charge on any atom is -0.480 e. The lowest BCUT2D eigenvalue weighted by Gasteiger charge is -2.37. The maximum Gasteiger partial charge on any atom is 0.326 e. The third-order valence-corrected chi connectivity index (χ3v) is 5.38. The highest BCUT2D eigenvalue weighted by Gasteiger charge is 2.40. The van der Waals surface area contributed by atoms with Crippen molar-refractivity contribution >= 4 is 40.8 Å². The molecule has 2 heterocycles. The van der Waals surface area contributed by atoms with Gasteiger partial charge in [-0.1, -0.05) is 23.7 Å². The molecule has 0 saturated carbocycles. The summed E-state index contributed by atoms with van der Waals surface area (Å²) in [5.41, 5.74) is 7.69. The number of rotatable bonds is 6. The van der Waals surface area contributed by atoms with Crippen LogP contribution >= 0.6 is 11.6 Å². The molecular weight excluding hydrogens is 438 g/mol. The van der Waals surface area contributed by atoms with Crippen LogP contribution in [-0.2, 0) is 20.8 Å². The van der Waals surface area contributed by atoms with E-state index in [0.717, 1.165) is 4.90 Å². The van der Waals surface area contributed by atoms with Gasteiger partial charge in [0.1, 0.15) is 12.4 Å². The molecule has 3 N–H and O–H groups in total. The molecule has 2 aromatic carbocycles. The summed E-state index contributed by atoms with van der Waals surface area (Å²) < 4.78 is 1.34. The lowest BCUT2D eigenvalue weighted by Crippen LogP contribution is -2.59. The number of carbonyl (C=O) groups is 3. The highest BCUT2D eigenvalue weighted by atomic mass is 35.5. The normalized spacial score (nSPS) is 15.2. The topological polar surface area (TPSA) is 148 Å². The third-order valence-electron chi connectivity index (χ3n) is 5.15. The zero-order valence-electron chi connectivity index (χ0n) is 16.6. The molecule has 1 unspecified atom stereocenters. The Bertz CT molecular complexity index is 1170. The molecule has 1 aliphatic rings. The van der Waals surface area contributed by atoms with Gasteiger partial charge in [0.2, 0.25) is 0 Å². The Morgan fingerprint density at radius 1 is 1.09 bits per heavy atom. The Balaban J connectivity index is 1.60. The number of piperazine rings is 1. The number of nitrogens with two attached hydrogens (primary N) is 1. The second-order valence-electron chi connectivity index (χ2n) is 7.14. The molecule has 4 rings (SSSR count). The maximum atomic E-state index is 13.0. The lowest BCUT2D eigenvalue weighted by atomic mass is 10.0. The summed E-state index contributed by atoms with van der Waals surface area (Å²) in [5, 5.41) is 21.1. The first-order chi connectivity index (χ1) is 15.3. The number of nitrogen functional groups attached to an aromatic ring is 1. The van der Waals surface area contributed by atoms with Crippen LogP contribution in [-0.4, -0.2) is 67.1 Å². The van der Waals surface area contributed by atoms with Crippen LogP contribution in [0.25, 0.3) is 5.69 Å². The molecule has 1 fully saturated rings. The fourth-order valence-corrected chi connectivity index (χ4v) is 3.73. The summed E-state index contributed by atoms with van der Waals surface area (Å²) in [5.74, 6) is -2.98. The monoisotopic (exact) mass is 455 g/mol. The van der Waals surface area contributed by atoms with Gasteiger partial charge >= 0.3 is 17.8 Å². The molecule has 1 saturated heterocycles. The quantitative estimate of drug-likeness (QED) is 0.409. The molecule has 1 atom stereocenters.